The number of thiazole rings is 1. The van der Waals surface area contributed by atoms with Crippen molar-refractivity contribution in [2.45, 2.75) is 6.42 Å². The van der Waals surface area contributed by atoms with Crippen molar-refractivity contribution in [2.24, 2.45) is 0 Å². The maximum atomic E-state index is 13.1. The van der Waals surface area contributed by atoms with Gasteiger partial charge in [0, 0.05) is 30.7 Å². The van der Waals surface area contributed by atoms with Crippen molar-refractivity contribution in [3.8, 4) is 5.75 Å². The molecule has 166 valence electrons. The molecular weight excluding hydrogens is 502 g/mol. The van der Waals surface area contributed by atoms with E-state index in [0.717, 1.165) is 54.0 Å². The minimum absolute atomic E-state index is 0. The van der Waals surface area contributed by atoms with Gasteiger partial charge in [0.1, 0.15) is 5.75 Å². The van der Waals surface area contributed by atoms with Crippen LogP contribution in [0.25, 0.3) is 10.2 Å². The number of aromatic nitrogens is 1. The molecule has 0 saturated carbocycles. The SMILES string of the molecule is Cl.O=C(COc1ccccc1)N(CCCN1CCOCC1)c1nc2ccc(Br)cc2s1. The molecule has 31 heavy (non-hydrogen) atoms. The first-order valence-corrected chi connectivity index (χ1v) is 11.6. The van der Waals surface area contributed by atoms with Crippen LogP contribution in [0.3, 0.4) is 0 Å². The highest BCUT2D eigenvalue weighted by molar-refractivity contribution is 9.10. The molecule has 1 saturated heterocycles. The number of amides is 1. The Hall–Kier alpha value is -1.71. The second-order valence-corrected chi connectivity index (χ2v) is 8.99. The van der Waals surface area contributed by atoms with Gasteiger partial charge in [-0.15, -0.1) is 12.4 Å². The molecule has 2 aromatic carbocycles. The zero-order valence-electron chi connectivity index (χ0n) is 17.0. The topological polar surface area (TPSA) is 54.9 Å². The summed E-state index contributed by atoms with van der Waals surface area (Å²) in [7, 11) is 0. The van der Waals surface area contributed by atoms with E-state index in [1.807, 2.05) is 48.5 Å². The fourth-order valence-corrected chi connectivity index (χ4v) is 4.91. The molecule has 3 aromatic rings. The first kappa shape index (κ1) is 23.9. The molecule has 0 atom stereocenters. The standard InChI is InChI=1S/C22H24BrN3O3S.ClH/c23-17-7-8-19-20(15-17)30-22(24-19)26(10-4-9-25-11-13-28-14-12-25)21(27)16-29-18-5-2-1-3-6-18;/h1-3,5-8,15H,4,9-14,16H2;1H. The summed E-state index contributed by atoms with van der Waals surface area (Å²) in [6, 6.07) is 15.4. The fraction of sp³-hybridized carbons (Fsp3) is 0.364. The smallest absolute Gasteiger partial charge is 0.266 e. The number of morpholine rings is 1. The number of hydrogen-bond donors (Lipinski definition) is 0. The number of halogens is 2. The van der Waals surface area contributed by atoms with Crippen LogP contribution in [0.15, 0.2) is 53.0 Å². The molecule has 9 heteroatoms. The fourth-order valence-electron chi connectivity index (χ4n) is 3.35. The van der Waals surface area contributed by atoms with Crippen LogP contribution in [-0.4, -0.2) is 61.8 Å². The summed E-state index contributed by atoms with van der Waals surface area (Å²) in [4.78, 5) is 21.9. The lowest BCUT2D eigenvalue weighted by molar-refractivity contribution is -0.120. The number of benzene rings is 2. The van der Waals surface area contributed by atoms with Crippen molar-refractivity contribution in [3.63, 3.8) is 0 Å². The maximum Gasteiger partial charge on any atom is 0.266 e. The lowest BCUT2D eigenvalue weighted by Crippen LogP contribution is -2.40. The number of carbonyl (C=O) groups excluding carboxylic acids is 1. The quantitative estimate of drug-likeness (QED) is 0.429. The molecule has 0 aliphatic carbocycles. The predicted molar refractivity (Wildman–Crippen MR) is 131 cm³/mol. The zero-order chi connectivity index (χ0) is 20.8. The second-order valence-electron chi connectivity index (χ2n) is 7.06. The van der Waals surface area contributed by atoms with Crippen LogP contribution in [-0.2, 0) is 9.53 Å². The second kappa shape index (κ2) is 11.8. The molecule has 6 nitrogen and oxygen atoms in total. The van der Waals surface area contributed by atoms with Gasteiger partial charge in [0.15, 0.2) is 11.7 Å². The van der Waals surface area contributed by atoms with Crippen LogP contribution < -0.4 is 9.64 Å². The number of hydrogen-bond acceptors (Lipinski definition) is 6. The number of nitrogens with zero attached hydrogens (tertiary/aromatic N) is 3. The van der Waals surface area contributed by atoms with Crippen molar-refractivity contribution in [1.82, 2.24) is 9.88 Å². The highest BCUT2D eigenvalue weighted by Crippen LogP contribution is 2.31. The highest BCUT2D eigenvalue weighted by atomic mass is 79.9. The summed E-state index contributed by atoms with van der Waals surface area (Å²) in [5.74, 6) is 0.603. The van der Waals surface area contributed by atoms with Crippen LogP contribution >= 0.6 is 39.7 Å². The van der Waals surface area contributed by atoms with E-state index in [2.05, 4.69) is 20.8 Å². The Morgan fingerprint density at radius 1 is 1.19 bits per heavy atom. The van der Waals surface area contributed by atoms with Gasteiger partial charge in [-0.25, -0.2) is 4.98 Å². The molecule has 2 heterocycles. The Bertz CT molecular complexity index is 983. The van der Waals surface area contributed by atoms with Gasteiger partial charge in [0.05, 0.1) is 23.4 Å². The van der Waals surface area contributed by atoms with E-state index in [1.54, 1.807) is 4.90 Å². The average Bonchev–Trinajstić information content (AvgIpc) is 3.19. The van der Waals surface area contributed by atoms with Crippen molar-refractivity contribution < 1.29 is 14.3 Å². The molecule has 1 aromatic heterocycles. The Morgan fingerprint density at radius 3 is 2.74 bits per heavy atom. The van der Waals surface area contributed by atoms with Gasteiger partial charge >= 0.3 is 0 Å². The summed E-state index contributed by atoms with van der Waals surface area (Å²) < 4.78 is 13.2. The van der Waals surface area contributed by atoms with E-state index in [0.29, 0.717) is 17.4 Å². The molecule has 0 spiro atoms. The third kappa shape index (κ3) is 6.63. The van der Waals surface area contributed by atoms with Gasteiger partial charge in [-0.1, -0.05) is 45.5 Å². The Labute approximate surface area is 200 Å². The lowest BCUT2D eigenvalue weighted by atomic mass is 10.3. The number of anilines is 1. The zero-order valence-corrected chi connectivity index (χ0v) is 20.3. The molecule has 0 bridgehead atoms. The van der Waals surface area contributed by atoms with E-state index in [-0.39, 0.29) is 24.9 Å². The molecule has 0 radical (unpaired) electrons. The molecule has 1 amide bonds. The highest BCUT2D eigenvalue weighted by Gasteiger charge is 2.21. The van der Waals surface area contributed by atoms with Crippen molar-refractivity contribution in [2.75, 3.05) is 50.9 Å². The van der Waals surface area contributed by atoms with Crippen LogP contribution in [0.1, 0.15) is 6.42 Å². The number of fused-ring (bicyclic) bond motifs is 1. The first-order chi connectivity index (χ1) is 14.7. The van der Waals surface area contributed by atoms with Gasteiger partial charge in [-0.2, -0.15) is 0 Å². The van der Waals surface area contributed by atoms with Gasteiger partial charge < -0.3 is 9.47 Å². The summed E-state index contributed by atoms with van der Waals surface area (Å²) in [6.45, 7) is 4.97. The molecule has 0 unspecified atom stereocenters. The number of carbonyl (C=O) groups is 1. The largest absolute Gasteiger partial charge is 0.484 e. The average molecular weight is 527 g/mol. The van der Waals surface area contributed by atoms with Gasteiger partial charge in [0.2, 0.25) is 0 Å². The van der Waals surface area contributed by atoms with Gasteiger partial charge in [-0.3, -0.25) is 14.6 Å². The third-order valence-electron chi connectivity index (χ3n) is 4.94. The Balaban J connectivity index is 0.00000272. The third-order valence-corrected chi connectivity index (χ3v) is 6.47. The Kier molecular flexibility index (Phi) is 9.10. The molecule has 4 rings (SSSR count). The molecular formula is C22H25BrClN3O3S. The number of ether oxygens (including phenoxy) is 2. The normalized spacial score (nSPS) is 14.2. The van der Waals surface area contributed by atoms with E-state index in [4.69, 9.17) is 14.5 Å². The van der Waals surface area contributed by atoms with Crippen LogP contribution in [0.4, 0.5) is 5.13 Å². The molecule has 1 fully saturated rings. The summed E-state index contributed by atoms with van der Waals surface area (Å²) >= 11 is 5.04. The van der Waals surface area contributed by atoms with Crippen molar-refractivity contribution in [1.29, 1.82) is 0 Å². The van der Waals surface area contributed by atoms with E-state index in [9.17, 15) is 4.79 Å². The van der Waals surface area contributed by atoms with Crippen LogP contribution in [0.5, 0.6) is 5.75 Å². The van der Waals surface area contributed by atoms with E-state index >= 15 is 0 Å². The van der Waals surface area contributed by atoms with Crippen LogP contribution in [0, 0.1) is 0 Å². The first-order valence-electron chi connectivity index (χ1n) is 10.0. The minimum Gasteiger partial charge on any atom is -0.484 e. The van der Waals surface area contributed by atoms with E-state index < -0.39 is 0 Å². The van der Waals surface area contributed by atoms with Crippen molar-refractivity contribution >= 4 is 60.9 Å². The number of rotatable bonds is 8. The van der Waals surface area contributed by atoms with Gasteiger partial charge in [0.25, 0.3) is 5.91 Å². The van der Waals surface area contributed by atoms with Gasteiger partial charge in [-0.05, 0) is 36.8 Å². The molecule has 0 N–H and O–H groups in total. The van der Waals surface area contributed by atoms with Crippen molar-refractivity contribution in [3.05, 3.63) is 53.0 Å². The van der Waals surface area contributed by atoms with Crippen LogP contribution in [0.2, 0.25) is 0 Å². The molecule has 1 aliphatic heterocycles. The van der Waals surface area contributed by atoms with E-state index in [1.165, 1.54) is 11.3 Å². The maximum absolute atomic E-state index is 13.1. The number of para-hydroxylation sites is 1. The minimum atomic E-state index is -0.0843. The summed E-state index contributed by atoms with van der Waals surface area (Å²) in [5, 5.41) is 0.715. The molecule has 1 aliphatic rings. The Morgan fingerprint density at radius 2 is 1.97 bits per heavy atom. The lowest BCUT2D eigenvalue weighted by Gasteiger charge is -2.27. The monoisotopic (exact) mass is 525 g/mol. The summed E-state index contributed by atoms with van der Waals surface area (Å²) in [6.07, 6.45) is 0.872. The summed E-state index contributed by atoms with van der Waals surface area (Å²) in [5.41, 5.74) is 0.896. The predicted octanol–water partition coefficient (Wildman–Crippen LogP) is 4.61.